The van der Waals surface area contributed by atoms with Crippen LogP contribution >= 0.6 is 11.3 Å². The van der Waals surface area contributed by atoms with Crippen LogP contribution in [-0.4, -0.2) is 0 Å². The predicted octanol–water partition coefficient (Wildman–Crippen LogP) is 5.17. The minimum absolute atomic E-state index is 0.201. The summed E-state index contributed by atoms with van der Waals surface area (Å²) in [4.78, 5) is 1.24. The van der Waals surface area contributed by atoms with Crippen molar-refractivity contribution in [2.75, 3.05) is 5.32 Å². The van der Waals surface area contributed by atoms with E-state index in [0.29, 0.717) is 6.54 Å². The molecule has 0 unspecified atom stereocenters. The van der Waals surface area contributed by atoms with Crippen molar-refractivity contribution in [2.24, 2.45) is 0 Å². The molecule has 3 aromatic rings. The highest BCUT2D eigenvalue weighted by Gasteiger charge is 2.05. The van der Waals surface area contributed by atoms with Crippen molar-refractivity contribution in [2.45, 2.75) is 6.54 Å². The molecule has 100 valence electrons. The minimum Gasteiger partial charge on any atom is -0.380 e. The van der Waals surface area contributed by atoms with E-state index in [1.165, 1.54) is 22.6 Å². The predicted molar refractivity (Wildman–Crippen MR) is 83.5 cm³/mol. The lowest BCUT2D eigenvalue weighted by Gasteiger charge is -2.11. The summed E-state index contributed by atoms with van der Waals surface area (Å²) >= 11 is 1.72. The molecule has 0 amide bonds. The van der Waals surface area contributed by atoms with Crippen molar-refractivity contribution >= 4 is 17.0 Å². The Balaban J connectivity index is 1.79. The molecule has 0 aliphatic carbocycles. The molecule has 2 aromatic carbocycles. The largest absolute Gasteiger partial charge is 0.380 e. The quantitative estimate of drug-likeness (QED) is 0.697. The third-order valence-electron chi connectivity index (χ3n) is 3.11. The number of benzene rings is 2. The molecule has 3 rings (SSSR count). The Labute approximate surface area is 121 Å². The molecule has 0 atom stereocenters. The van der Waals surface area contributed by atoms with E-state index in [1.807, 2.05) is 12.1 Å². The van der Waals surface area contributed by atoms with Gasteiger partial charge in [-0.1, -0.05) is 36.4 Å². The molecular formula is C17H14FNS. The van der Waals surface area contributed by atoms with E-state index < -0.39 is 0 Å². The highest BCUT2D eigenvalue weighted by atomic mass is 32.1. The highest BCUT2D eigenvalue weighted by Crippen LogP contribution is 2.31. The lowest BCUT2D eigenvalue weighted by Crippen LogP contribution is -2.00. The van der Waals surface area contributed by atoms with Gasteiger partial charge >= 0.3 is 0 Å². The Kier molecular flexibility index (Phi) is 3.79. The SMILES string of the molecule is Fc1ccc(CNc2ccccc2-c2cccs2)cc1. The molecule has 20 heavy (non-hydrogen) atoms. The zero-order valence-corrected chi connectivity index (χ0v) is 11.7. The highest BCUT2D eigenvalue weighted by molar-refractivity contribution is 7.13. The summed E-state index contributed by atoms with van der Waals surface area (Å²) in [6, 6.07) is 19.0. The fourth-order valence-corrected chi connectivity index (χ4v) is 2.85. The van der Waals surface area contributed by atoms with E-state index in [-0.39, 0.29) is 5.82 Å². The lowest BCUT2D eigenvalue weighted by molar-refractivity contribution is 0.627. The topological polar surface area (TPSA) is 12.0 Å². The fraction of sp³-hybridized carbons (Fsp3) is 0.0588. The van der Waals surface area contributed by atoms with Gasteiger partial charge in [-0.3, -0.25) is 0 Å². The second-order valence-corrected chi connectivity index (χ2v) is 5.45. The molecule has 0 fully saturated rings. The monoisotopic (exact) mass is 283 g/mol. The van der Waals surface area contributed by atoms with Crippen LogP contribution in [0.4, 0.5) is 10.1 Å². The van der Waals surface area contributed by atoms with Crippen LogP contribution in [-0.2, 0) is 6.54 Å². The molecule has 3 heteroatoms. The van der Waals surface area contributed by atoms with Gasteiger partial charge in [0.15, 0.2) is 0 Å². The van der Waals surface area contributed by atoms with E-state index in [0.717, 1.165) is 11.3 Å². The molecule has 1 nitrogen and oxygen atoms in total. The van der Waals surface area contributed by atoms with Crippen LogP contribution in [0.3, 0.4) is 0 Å². The van der Waals surface area contributed by atoms with Crippen molar-refractivity contribution in [1.82, 2.24) is 0 Å². The molecule has 0 bridgehead atoms. The molecule has 0 saturated heterocycles. The first-order chi connectivity index (χ1) is 9.83. The first-order valence-electron chi connectivity index (χ1n) is 6.44. The zero-order chi connectivity index (χ0) is 13.8. The van der Waals surface area contributed by atoms with Crippen LogP contribution in [0, 0.1) is 5.82 Å². The number of para-hydroxylation sites is 1. The summed E-state index contributed by atoms with van der Waals surface area (Å²) in [5.41, 5.74) is 3.36. The van der Waals surface area contributed by atoms with Crippen LogP contribution < -0.4 is 5.32 Å². The number of hydrogen-bond donors (Lipinski definition) is 1. The third kappa shape index (κ3) is 2.89. The molecule has 1 heterocycles. The molecule has 0 radical (unpaired) electrons. The van der Waals surface area contributed by atoms with Crippen LogP contribution in [0.25, 0.3) is 10.4 Å². The van der Waals surface area contributed by atoms with Gasteiger partial charge in [0.1, 0.15) is 5.82 Å². The first kappa shape index (κ1) is 12.9. The average molecular weight is 283 g/mol. The van der Waals surface area contributed by atoms with Crippen LogP contribution in [0.1, 0.15) is 5.56 Å². The van der Waals surface area contributed by atoms with Crippen molar-refractivity contribution in [1.29, 1.82) is 0 Å². The molecule has 0 aliphatic heterocycles. The summed E-state index contributed by atoms with van der Waals surface area (Å²) in [5.74, 6) is -0.201. The summed E-state index contributed by atoms with van der Waals surface area (Å²) in [6.07, 6.45) is 0. The van der Waals surface area contributed by atoms with Gasteiger partial charge in [-0.05, 0) is 35.2 Å². The fourth-order valence-electron chi connectivity index (χ4n) is 2.08. The van der Waals surface area contributed by atoms with Gasteiger partial charge < -0.3 is 5.32 Å². The summed E-state index contributed by atoms with van der Waals surface area (Å²) in [6.45, 7) is 0.683. The van der Waals surface area contributed by atoms with Crippen LogP contribution in [0.2, 0.25) is 0 Å². The van der Waals surface area contributed by atoms with Crippen molar-refractivity contribution in [3.05, 3.63) is 77.4 Å². The Hall–Kier alpha value is -2.13. The summed E-state index contributed by atoms with van der Waals surface area (Å²) < 4.78 is 12.9. The Morgan fingerprint density at radius 2 is 1.70 bits per heavy atom. The normalized spacial score (nSPS) is 10.4. The number of nitrogens with one attached hydrogen (secondary N) is 1. The van der Waals surface area contributed by atoms with E-state index >= 15 is 0 Å². The summed E-state index contributed by atoms with van der Waals surface area (Å²) in [5, 5.41) is 5.50. The Bertz CT molecular complexity index is 674. The number of thiophene rings is 1. The van der Waals surface area contributed by atoms with Gasteiger partial charge in [-0.25, -0.2) is 4.39 Å². The molecule has 1 aromatic heterocycles. The van der Waals surface area contributed by atoms with Gasteiger partial charge in [-0.15, -0.1) is 11.3 Å². The van der Waals surface area contributed by atoms with Crippen molar-refractivity contribution in [3.8, 4) is 10.4 Å². The second-order valence-electron chi connectivity index (χ2n) is 4.50. The lowest BCUT2D eigenvalue weighted by atomic mass is 10.1. The van der Waals surface area contributed by atoms with Gasteiger partial charge in [-0.2, -0.15) is 0 Å². The second kappa shape index (κ2) is 5.88. The summed E-state index contributed by atoms with van der Waals surface area (Å²) in [7, 11) is 0. The standard InChI is InChI=1S/C17H14FNS/c18-14-9-7-13(8-10-14)12-19-16-5-2-1-4-15(16)17-6-3-11-20-17/h1-11,19H,12H2. The van der Waals surface area contributed by atoms with Gasteiger partial charge in [0, 0.05) is 22.7 Å². The molecule has 0 spiro atoms. The minimum atomic E-state index is -0.201. The maximum absolute atomic E-state index is 12.9. The third-order valence-corrected chi connectivity index (χ3v) is 4.01. The van der Waals surface area contributed by atoms with E-state index in [4.69, 9.17) is 0 Å². The van der Waals surface area contributed by atoms with E-state index in [2.05, 4.69) is 35.0 Å². The van der Waals surface area contributed by atoms with Gasteiger partial charge in [0.05, 0.1) is 0 Å². The van der Waals surface area contributed by atoms with Gasteiger partial charge in [0.2, 0.25) is 0 Å². The smallest absolute Gasteiger partial charge is 0.123 e. The maximum atomic E-state index is 12.9. The van der Waals surface area contributed by atoms with Crippen molar-refractivity contribution in [3.63, 3.8) is 0 Å². The average Bonchev–Trinajstić information content (AvgIpc) is 3.01. The maximum Gasteiger partial charge on any atom is 0.123 e. The number of anilines is 1. The van der Waals surface area contributed by atoms with Gasteiger partial charge in [0.25, 0.3) is 0 Å². The number of rotatable bonds is 4. The molecular weight excluding hydrogens is 269 g/mol. The Morgan fingerprint density at radius 1 is 0.900 bits per heavy atom. The van der Waals surface area contributed by atoms with E-state index in [9.17, 15) is 4.39 Å². The van der Waals surface area contributed by atoms with Crippen molar-refractivity contribution < 1.29 is 4.39 Å². The molecule has 1 N–H and O–H groups in total. The molecule has 0 saturated carbocycles. The van der Waals surface area contributed by atoms with Crippen LogP contribution in [0.15, 0.2) is 66.0 Å². The molecule has 0 aliphatic rings. The Morgan fingerprint density at radius 3 is 2.45 bits per heavy atom. The van der Waals surface area contributed by atoms with Crippen LogP contribution in [0.5, 0.6) is 0 Å². The zero-order valence-electron chi connectivity index (χ0n) is 10.8. The van der Waals surface area contributed by atoms with E-state index in [1.54, 1.807) is 23.5 Å². The number of halogens is 1. The number of hydrogen-bond acceptors (Lipinski definition) is 2. The first-order valence-corrected chi connectivity index (χ1v) is 7.32.